The lowest BCUT2D eigenvalue weighted by atomic mass is 9.95. The zero-order valence-electron chi connectivity index (χ0n) is 14.8. The fraction of sp³-hybridized carbons (Fsp3) is 0.611. The van der Waals surface area contributed by atoms with Crippen LogP contribution in [0.5, 0.6) is 11.5 Å². The van der Waals surface area contributed by atoms with Crippen LogP contribution in [0.3, 0.4) is 0 Å². The molecule has 1 aliphatic heterocycles. The Morgan fingerprint density at radius 2 is 1.83 bits per heavy atom. The van der Waals surface area contributed by atoms with Crippen LogP contribution in [0.1, 0.15) is 32.8 Å². The maximum absolute atomic E-state index is 12.1. The second-order valence-corrected chi connectivity index (χ2v) is 7.17. The second-order valence-electron chi connectivity index (χ2n) is 7.17. The van der Waals surface area contributed by atoms with E-state index in [1.54, 1.807) is 14.2 Å². The molecule has 1 fully saturated rings. The van der Waals surface area contributed by atoms with E-state index in [1.807, 2.05) is 39.0 Å². The molecule has 2 rings (SSSR count). The minimum atomic E-state index is -0.340. The minimum Gasteiger partial charge on any atom is -0.497 e. The number of nitrogens with zero attached hydrogens (tertiary/aromatic N) is 1. The monoisotopic (exact) mass is 320 g/mol. The van der Waals surface area contributed by atoms with Gasteiger partial charge in [0.05, 0.1) is 14.2 Å². The van der Waals surface area contributed by atoms with Crippen molar-refractivity contribution in [1.82, 2.24) is 10.2 Å². The standard InChI is InChI=1S/C18H28N2O3/c1-18(2,3)17(21)19-14-6-7-20(12-14)11-13-8-15(22-4)10-16(9-13)23-5/h8-10,14H,6-7,11-12H2,1-5H3,(H,19,21). The van der Waals surface area contributed by atoms with Gasteiger partial charge in [-0.25, -0.2) is 0 Å². The van der Waals surface area contributed by atoms with Crippen LogP contribution in [0, 0.1) is 5.41 Å². The Morgan fingerprint density at radius 1 is 1.22 bits per heavy atom. The number of rotatable bonds is 5. The maximum atomic E-state index is 12.1. The van der Waals surface area contributed by atoms with Crippen molar-refractivity contribution >= 4 is 5.91 Å². The summed E-state index contributed by atoms with van der Waals surface area (Å²) in [5.41, 5.74) is 0.817. The smallest absolute Gasteiger partial charge is 0.225 e. The number of benzene rings is 1. The summed E-state index contributed by atoms with van der Waals surface area (Å²) in [6.45, 7) is 8.51. The van der Waals surface area contributed by atoms with E-state index in [-0.39, 0.29) is 17.4 Å². The molecule has 5 nitrogen and oxygen atoms in total. The van der Waals surface area contributed by atoms with E-state index in [0.29, 0.717) is 0 Å². The molecule has 1 aromatic rings. The molecule has 0 aliphatic carbocycles. The minimum absolute atomic E-state index is 0.118. The van der Waals surface area contributed by atoms with Crippen molar-refractivity contribution in [2.75, 3.05) is 27.3 Å². The fourth-order valence-electron chi connectivity index (χ4n) is 2.71. The van der Waals surface area contributed by atoms with Crippen LogP contribution in [0.25, 0.3) is 0 Å². The van der Waals surface area contributed by atoms with Gasteiger partial charge in [0.25, 0.3) is 0 Å². The predicted octanol–water partition coefficient (Wildman–Crippen LogP) is 2.44. The summed E-state index contributed by atoms with van der Waals surface area (Å²) < 4.78 is 10.6. The third-order valence-electron chi connectivity index (χ3n) is 4.11. The number of ether oxygens (including phenoxy) is 2. The molecule has 0 spiro atoms. The number of methoxy groups -OCH3 is 2. The van der Waals surface area contributed by atoms with E-state index in [1.165, 1.54) is 0 Å². The summed E-state index contributed by atoms with van der Waals surface area (Å²) >= 11 is 0. The first-order chi connectivity index (χ1) is 10.8. The van der Waals surface area contributed by atoms with Gasteiger partial charge in [-0.15, -0.1) is 0 Å². The van der Waals surface area contributed by atoms with E-state index in [2.05, 4.69) is 10.2 Å². The molecule has 1 aromatic carbocycles. The number of likely N-dealkylation sites (tertiary alicyclic amines) is 1. The van der Waals surface area contributed by atoms with E-state index in [9.17, 15) is 4.79 Å². The number of carbonyl (C=O) groups is 1. The largest absolute Gasteiger partial charge is 0.497 e. The SMILES string of the molecule is COc1cc(CN2CCC(NC(=O)C(C)(C)C)C2)cc(OC)c1. The van der Waals surface area contributed by atoms with E-state index >= 15 is 0 Å². The maximum Gasteiger partial charge on any atom is 0.225 e. The Balaban J connectivity index is 1.94. The van der Waals surface area contributed by atoms with E-state index in [0.717, 1.165) is 43.1 Å². The molecule has 0 bridgehead atoms. The Bertz CT molecular complexity index is 529. The van der Waals surface area contributed by atoms with Crippen LogP contribution in [-0.2, 0) is 11.3 Å². The molecule has 1 unspecified atom stereocenters. The highest BCUT2D eigenvalue weighted by Crippen LogP contribution is 2.24. The molecule has 0 saturated carbocycles. The van der Waals surface area contributed by atoms with Crippen LogP contribution < -0.4 is 14.8 Å². The first kappa shape index (κ1) is 17.6. The average molecular weight is 320 g/mol. The molecule has 0 radical (unpaired) electrons. The molecule has 1 saturated heterocycles. The molecule has 23 heavy (non-hydrogen) atoms. The third-order valence-corrected chi connectivity index (χ3v) is 4.11. The van der Waals surface area contributed by atoms with Gasteiger partial charge >= 0.3 is 0 Å². The van der Waals surface area contributed by atoms with Crippen molar-refractivity contribution in [3.63, 3.8) is 0 Å². The van der Waals surface area contributed by atoms with Gasteiger partial charge in [0.2, 0.25) is 5.91 Å². The molecule has 5 heteroatoms. The Morgan fingerprint density at radius 3 is 2.35 bits per heavy atom. The summed E-state index contributed by atoms with van der Waals surface area (Å²) in [6.07, 6.45) is 0.989. The van der Waals surface area contributed by atoms with Crippen LogP contribution in [0.4, 0.5) is 0 Å². The molecule has 0 aromatic heterocycles. The van der Waals surface area contributed by atoms with Gasteiger partial charge in [-0.1, -0.05) is 20.8 Å². The topological polar surface area (TPSA) is 50.8 Å². The zero-order valence-corrected chi connectivity index (χ0v) is 14.8. The van der Waals surface area contributed by atoms with Crippen molar-refractivity contribution in [1.29, 1.82) is 0 Å². The molecule has 1 N–H and O–H groups in total. The van der Waals surface area contributed by atoms with E-state index < -0.39 is 0 Å². The van der Waals surface area contributed by atoms with Crippen molar-refractivity contribution < 1.29 is 14.3 Å². The number of nitrogens with one attached hydrogen (secondary N) is 1. The van der Waals surface area contributed by atoms with Gasteiger partial charge in [0.1, 0.15) is 11.5 Å². The number of hydrogen-bond donors (Lipinski definition) is 1. The average Bonchev–Trinajstić information content (AvgIpc) is 2.92. The lowest BCUT2D eigenvalue weighted by Gasteiger charge is -2.22. The van der Waals surface area contributed by atoms with Crippen molar-refractivity contribution in [3.05, 3.63) is 23.8 Å². The Hall–Kier alpha value is -1.75. The quantitative estimate of drug-likeness (QED) is 0.905. The second kappa shape index (κ2) is 7.21. The molecule has 1 heterocycles. The molecule has 1 aliphatic rings. The lowest BCUT2D eigenvalue weighted by molar-refractivity contribution is -0.129. The zero-order chi connectivity index (χ0) is 17.0. The van der Waals surface area contributed by atoms with Crippen molar-refractivity contribution in [2.45, 2.75) is 39.8 Å². The fourth-order valence-corrected chi connectivity index (χ4v) is 2.71. The van der Waals surface area contributed by atoms with Crippen molar-refractivity contribution in [2.24, 2.45) is 5.41 Å². The third kappa shape index (κ3) is 4.86. The number of amides is 1. The van der Waals surface area contributed by atoms with Crippen LogP contribution in [0.2, 0.25) is 0 Å². The predicted molar refractivity (Wildman–Crippen MR) is 90.8 cm³/mol. The molecule has 1 atom stereocenters. The first-order valence-electron chi connectivity index (χ1n) is 8.07. The summed E-state index contributed by atoms with van der Waals surface area (Å²) in [6, 6.07) is 6.17. The lowest BCUT2D eigenvalue weighted by Crippen LogP contribution is -2.42. The Labute approximate surface area is 139 Å². The highest BCUT2D eigenvalue weighted by molar-refractivity contribution is 5.81. The highest BCUT2D eigenvalue weighted by Gasteiger charge is 2.28. The number of carbonyl (C=O) groups excluding carboxylic acids is 1. The van der Waals surface area contributed by atoms with Crippen molar-refractivity contribution in [3.8, 4) is 11.5 Å². The van der Waals surface area contributed by atoms with Crippen LogP contribution >= 0.6 is 0 Å². The van der Waals surface area contributed by atoms with Gasteiger partial charge in [-0.05, 0) is 24.1 Å². The molecular weight excluding hydrogens is 292 g/mol. The van der Waals surface area contributed by atoms with Gasteiger partial charge in [0, 0.05) is 37.2 Å². The number of hydrogen-bond acceptors (Lipinski definition) is 4. The van der Waals surface area contributed by atoms with Gasteiger partial charge in [-0.2, -0.15) is 0 Å². The molecule has 1 amide bonds. The Kier molecular flexibility index (Phi) is 5.52. The van der Waals surface area contributed by atoms with Gasteiger partial charge in [0.15, 0.2) is 0 Å². The van der Waals surface area contributed by atoms with Gasteiger partial charge in [-0.3, -0.25) is 9.69 Å². The highest BCUT2D eigenvalue weighted by atomic mass is 16.5. The molecular formula is C18H28N2O3. The normalized spacial score (nSPS) is 18.7. The summed E-state index contributed by atoms with van der Waals surface area (Å²) in [7, 11) is 3.32. The summed E-state index contributed by atoms with van der Waals surface area (Å²) in [5.74, 6) is 1.72. The van der Waals surface area contributed by atoms with E-state index in [4.69, 9.17) is 9.47 Å². The molecule has 128 valence electrons. The van der Waals surface area contributed by atoms with Crippen LogP contribution in [0.15, 0.2) is 18.2 Å². The first-order valence-corrected chi connectivity index (χ1v) is 8.07. The summed E-state index contributed by atoms with van der Waals surface area (Å²) in [5, 5.41) is 3.15. The summed E-state index contributed by atoms with van der Waals surface area (Å²) in [4.78, 5) is 14.4. The van der Waals surface area contributed by atoms with Gasteiger partial charge < -0.3 is 14.8 Å². The van der Waals surface area contributed by atoms with Crippen LogP contribution in [-0.4, -0.2) is 44.2 Å².